The molecule has 1 saturated heterocycles. The third-order valence-electron chi connectivity index (χ3n) is 5.41. The number of amides is 1. The summed E-state index contributed by atoms with van der Waals surface area (Å²) in [6.45, 7) is 6.22. The van der Waals surface area contributed by atoms with Crippen molar-refractivity contribution in [3.63, 3.8) is 0 Å². The van der Waals surface area contributed by atoms with Crippen molar-refractivity contribution in [2.45, 2.75) is 39.3 Å². The number of rotatable bonds is 6. The van der Waals surface area contributed by atoms with E-state index in [1.54, 1.807) is 24.3 Å². The number of carbonyl (C=O) groups excluding carboxylic acids is 1. The number of carbonyl (C=O) groups is 1. The monoisotopic (exact) mass is 400 g/mol. The Kier molecular flexibility index (Phi) is 6.75. The molecule has 0 saturated carbocycles. The van der Waals surface area contributed by atoms with Gasteiger partial charge >= 0.3 is 0 Å². The Morgan fingerprint density at radius 3 is 2.41 bits per heavy atom. The van der Waals surface area contributed by atoms with E-state index < -0.39 is 0 Å². The molecule has 0 aliphatic carbocycles. The van der Waals surface area contributed by atoms with Gasteiger partial charge in [-0.3, -0.25) is 9.69 Å². The fourth-order valence-electron chi connectivity index (χ4n) is 3.83. The molecule has 1 fully saturated rings. The van der Waals surface area contributed by atoms with E-state index in [1.165, 1.54) is 19.2 Å². The maximum absolute atomic E-state index is 13.4. The highest BCUT2D eigenvalue weighted by atomic mass is 19.1. The summed E-state index contributed by atoms with van der Waals surface area (Å²) < 4.78 is 18.4. The molecule has 2 aromatic rings. The minimum absolute atomic E-state index is 0.0649. The molecule has 0 spiro atoms. The van der Waals surface area contributed by atoms with Crippen LogP contribution in [0.15, 0.2) is 42.5 Å². The molecular formula is C23H29FN2O3. The van der Waals surface area contributed by atoms with E-state index in [2.05, 4.69) is 4.90 Å². The first-order valence-electron chi connectivity index (χ1n) is 10.1. The van der Waals surface area contributed by atoms with Crippen LogP contribution in [0.4, 0.5) is 10.1 Å². The fraction of sp³-hybridized carbons (Fsp3) is 0.435. The summed E-state index contributed by atoms with van der Waals surface area (Å²) >= 11 is 0. The molecule has 1 aliphatic heterocycles. The maximum atomic E-state index is 13.4. The molecule has 0 aromatic heterocycles. The molecule has 1 aliphatic rings. The van der Waals surface area contributed by atoms with Gasteiger partial charge in [0.25, 0.3) is 0 Å². The average molecular weight is 400 g/mol. The Balaban J connectivity index is 1.67. The minimum Gasteiger partial charge on any atom is -0.504 e. The number of likely N-dealkylation sites (tertiary alicyclic amines) is 1. The van der Waals surface area contributed by atoms with Gasteiger partial charge in [0.1, 0.15) is 5.82 Å². The highest BCUT2D eigenvalue weighted by Gasteiger charge is 2.30. The van der Waals surface area contributed by atoms with E-state index in [9.17, 15) is 14.3 Å². The van der Waals surface area contributed by atoms with Crippen molar-refractivity contribution in [3.8, 4) is 11.5 Å². The first-order valence-corrected chi connectivity index (χ1v) is 10.1. The predicted molar refractivity (Wildman–Crippen MR) is 112 cm³/mol. The SMILES string of the molecule is COc1ccc(CN2CCC(N(C(=O)C(C)C)c3ccc(F)cc3)CC2)cc1O. The number of anilines is 1. The van der Waals surface area contributed by atoms with Crippen LogP contribution < -0.4 is 9.64 Å². The van der Waals surface area contributed by atoms with Crippen molar-refractivity contribution in [2.75, 3.05) is 25.1 Å². The summed E-state index contributed by atoms with van der Waals surface area (Å²) in [6.07, 6.45) is 1.69. The third kappa shape index (κ3) is 5.07. The van der Waals surface area contributed by atoms with E-state index in [-0.39, 0.29) is 29.4 Å². The number of phenolic OH excluding ortho intramolecular Hbond substituents is 1. The lowest BCUT2D eigenvalue weighted by atomic mass is 9.99. The normalized spacial score (nSPS) is 15.5. The maximum Gasteiger partial charge on any atom is 0.229 e. The predicted octanol–water partition coefficient (Wildman–Crippen LogP) is 4.19. The summed E-state index contributed by atoms with van der Waals surface area (Å²) in [5, 5.41) is 9.98. The molecule has 5 nitrogen and oxygen atoms in total. The summed E-state index contributed by atoms with van der Waals surface area (Å²) in [7, 11) is 1.53. The lowest BCUT2D eigenvalue weighted by molar-refractivity contribution is -0.122. The summed E-state index contributed by atoms with van der Waals surface area (Å²) in [5.74, 6) is 0.248. The molecule has 2 aromatic carbocycles. The Bertz CT molecular complexity index is 831. The van der Waals surface area contributed by atoms with Gasteiger partial charge in [0.15, 0.2) is 11.5 Å². The first kappa shape index (κ1) is 21.1. The molecule has 1 N–H and O–H groups in total. The quantitative estimate of drug-likeness (QED) is 0.790. The number of hydrogen-bond donors (Lipinski definition) is 1. The molecule has 156 valence electrons. The smallest absolute Gasteiger partial charge is 0.229 e. The Labute approximate surface area is 171 Å². The number of phenols is 1. The van der Waals surface area contributed by atoms with Gasteiger partial charge in [-0.05, 0) is 54.8 Å². The number of halogens is 1. The Morgan fingerprint density at radius 2 is 1.86 bits per heavy atom. The highest BCUT2D eigenvalue weighted by molar-refractivity contribution is 5.95. The molecular weight excluding hydrogens is 371 g/mol. The minimum atomic E-state index is -0.303. The van der Waals surface area contributed by atoms with E-state index >= 15 is 0 Å². The highest BCUT2D eigenvalue weighted by Crippen LogP contribution is 2.29. The number of hydrogen-bond acceptors (Lipinski definition) is 4. The molecule has 1 amide bonds. The van der Waals surface area contributed by atoms with Crippen LogP contribution in [-0.4, -0.2) is 42.2 Å². The average Bonchev–Trinajstić information content (AvgIpc) is 2.71. The van der Waals surface area contributed by atoms with Crippen LogP contribution in [0.3, 0.4) is 0 Å². The van der Waals surface area contributed by atoms with Crippen molar-refractivity contribution in [1.29, 1.82) is 0 Å². The van der Waals surface area contributed by atoms with Gasteiger partial charge in [-0.15, -0.1) is 0 Å². The van der Waals surface area contributed by atoms with Gasteiger partial charge in [0.2, 0.25) is 5.91 Å². The van der Waals surface area contributed by atoms with Crippen LogP contribution in [0.25, 0.3) is 0 Å². The lowest BCUT2D eigenvalue weighted by Crippen LogP contribution is -2.48. The molecule has 0 bridgehead atoms. The zero-order chi connectivity index (χ0) is 21.0. The van der Waals surface area contributed by atoms with Crippen LogP contribution in [0.5, 0.6) is 11.5 Å². The number of aromatic hydroxyl groups is 1. The van der Waals surface area contributed by atoms with E-state index in [0.29, 0.717) is 5.75 Å². The summed E-state index contributed by atoms with van der Waals surface area (Å²) in [6, 6.07) is 11.7. The number of benzene rings is 2. The van der Waals surface area contributed by atoms with Crippen LogP contribution in [-0.2, 0) is 11.3 Å². The number of ether oxygens (including phenoxy) is 1. The molecule has 29 heavy (non-hydrogen) atoms. The topological polar surface area (TPSA) is 53.0 Å². The van der Waals surface area contributed by atoms with Gasteiger partial charge < -0.3 is 14.7 Å². The van der Waals surface area contributed by atoms with Gasteiger partial charge in [-0.2, -0.15) is 0 Å². The van der Waals surface area contributed by atoms with E-state index in [0.717, 1.165) is 43.7 Å². The third-order valence-corrected chi connectivity index (χ3v) is 5.41. The molecule has 1 heterocycles. The number of methoxy groups -OCH3 is 1. The fourth-order valence-corrected chi connectivity index (χ4v) is 3.83. The molecule has 0 radical (unpaired) electrons. The van der Waals surface area contributed by atoms with Crippen molar-refractivity contribution < 1.29 is 19.0 Å². The van der Waals surface area contributed by atoms with Gasteiger partial charge in [0.05, 0.1) is 7.11 Å². The lowest BCUT2D eigenvalue weighted by Gasteiger charge is -2.39. The summed E-state index contributed by atoms with van der Waals surface area (Å²) in [4.78, 5) is 17.0. The second-order valence-electron chi connectivity index (χ2n) is 7.85. The molecule has 6 heteroatoms. The Morgan fingerprint density at radius 1 is 1.21 bits per heavy atom. The summed E-state index contributed by atoms with van der Waals surface area (Å²) in [5.41, 5.74) is 1.78. The van der Waals surface area contributed by atoms with Gasteiger partial charge in [-0.25, -0.2) is 4.39 Å². The molecule has 3 rings (SSSR count). The second-order valence-corrected chi connectivity index (χ2v) is 7.85. The second kappa shape index (κ2) is 9.27. The first-order chi connectivity index (χ1) is 13.9. The number of piperidine rings is 1. The zero-order valence-corrected chi connectivity index (χ0v) is 17.3. The van der Waals surface area contributed by atoms with Crippen LogP contribution in [0.1, 0.15) is 32.3 Å². The number of nitrogens with zero attached hydrogens (tertiary/aromatic N) is 2. The standard InChI is InChI=1S/C23H29FN2O3/c1-16(2)23(28)26(19-7-5-18(24)6-8-19)20-10-12-25(13-11-20)15-17-4-9-22(29-3)21(27)14-17/h4-9,14,16,20,27H,10-13,15H2,1-3H3. The van der Waals surface area contributed by atoms with Crippen LogP contribution >= 0.6 is 0 Å². The van der Waals surface area contributed by atoms with Crippen LogP contribution in [0.2, 0.25) is 0 Å². The van der Waals surface area contributed by atoms with E-state index in [1.807, 2.05) is 24.8 Å². The van der Waals surface area contributed by atoms with Crippen LogP contribution in [0, 0.1) is 11.7 Å². The van der Waals surface area contributed by atoms with Crippen molar-refractivity contribution in [2.24, 2.45) is 5.92 Å². The largest absolute Gasteiger partial charge is 0.504 e. The zero-order valence-electron chi connectivity index (χ0n) is 17.3. The van der Waals surface area contributed by atoms with Gasteiger partial charge in [-0.1, -0.05) is 19.9 Å². The van der Waals surface area contributed by atoms with Crippen molar-refractivity contribution in [3.05, 3.63) is 53.8 Å². The molecule has 0 atom stereocenters. The van der Waals surface area contributed by atoms with Crippen molar-refractivity contribution >= 4 is 11.6 Å². The Hall–Kier alpha value is -2.60. The van der Waals surface area contributed by atoms with E-state index in [4.69, 9.17) is 4.74 Å². The van der Waals surface area contributed by atoms with Crippen molar-refractivity contribution in [1.82, 2.24) is 4.90 Å². The van der Waals surface area contributed by atoms with Gasteiger partial charge in [0, 0.05) is 37.3 Å². The molecule has 0 unspecified atom stereocenters.